The monoisotopic (exact) mass is 262 g/mol. The average molecular weight is 264 g/mol. The van der Waals surface area contributed by atoms with Gasteiger partial charge in [0.2, 0.25) is 0 Å². The Hall–Kier alpha value is -0.540. The van der Waals surface area contributed by atoms with Crippen molar-refractivity contribution in [3.05, 3.63) is 27.2 Å². The number of Topliss-reactive ketones (excluding diaryl/α,β-unsaturated/α-hetero) is 1. The van der Waals surface area contributed by atoms with Crippen molar-refractivity contribution in [2.24, 2.45) is 0 Å². The number of halogens is 2. The van der Waals surface area contributed by atoms with Crippen molar-refractivity contribution < 1.29 is 9.90 Å². The molecule has 0 atom stereocenters. The second-order valence-electron chi connectivity index (χ2n) is 2.77. The Kier molecular flexibility index (Phi) is 3.33. The summed E-state index contributed by atoms with van der Waals surface area (Å²) in [5.41, 5.74) is 0.548. The number of ketones is 1. The summed E-state index contributed by atoms with van der Waals surface area (Å²) >= 11 is 8.89. The topological polar surface area (TPSA) is 37.3 Å². The number of carbonyl (C=O) groups excluding carboxylic acids is 1. The predicted molar refractivity (Wildman–Crippen MR) is 55.2 cm³/mol. The van der Waals surface area contributed by atoms with Gasteiger partial charge in [-0.25, -0.2) is 0 Å². The molecule has 0 aromatic heterocycles. The standard InChI is InChI=1S/C9H8BrClO2/c1-5(12)2-6-3-7(11)4-8(10)9(6)13/h3-4,13H,2H2,1H3. The van der Waals surface area contributed by atoms with Gasteiger partial charge in [0.15, 0.2) is 0 Å². The zero-order valence-electron chi connectivity index (χ0n) is 6.97. The fourth-order valence-corrected chi connectivity index (χ4v) is 1.90. The molecule has 0 heterocycles. The van der Waals surface area contributed by atoms with E-state index in [-0.39, 0.29) is 18.0 Å². The SMILES string of the molecule is CC(=O)Cc1cc(Cl)cc(Br)c1O. The van der Waals surface area contributed by atoms with Gasteiger partial charge in [-0.1, -0.05) is 11.6 Å². The molecule has 4 heteroatoms. The lowest BCUT2D eigenvalue weighted by atomic mass is 10.1. The largest absolute Gasteiger partial charge is 0.506 e. The molecule has 0 saturated heterocycles. The Bertz CT molecular complexity index is 350. The molecule has 0 aliphatic carbocycles. The number of phenolic OH excluding ortho intramolecular Hbond substituents is 1. The van der Waals surface area contributed by atoms with Gasteiger partial charge in [0.1, 0.15) is 11.5 Å². The Morgan fingerprint density at radius 1 is 1.62 bits per heavy atom. The summed E-state index contributed by atoms with van der Waals surface area (Å²) in [4.78, 5) is 10.8. The Balaban J connectivity index is 3.12. The quantitative estimate of drug-likeness (QED) is 0.891. The molecule has 1 aromatic rings. The smallest absolute Gasteiger partial charge is 0.134 e. The van der Waals surface area contributed by atoms with Gasteiger partial charge in [0.05, 0.1) is 4.47 Å². The summed E-state index contributed by atoms with van der Waals surface area (Å²) in [7, 11) is 0. The summed E-state index contributed by atoms with van der Waals surface area (Å²) < 4.78 is 0.510. The molecule has 0 amide bonds. The third-order valence-electron chi connectivity index (χ3n) is 1.55. The van der Waals surface area contributed by atoms with E-state index in [0.717, 1.165) is 0 Å². The van der Waals surface area contributed by atoms with Crippen LogP contribution in [0.3, 0.4) is 0 Å². The number of hydrogen-bond acceptors (Lipinski definition) is 2. The van der Waals surface area contributed by atoms with Crippen LogP contribution in [-0.4, -0.2) is 10.9 Å². The van der Waals surface area contributed by atoms with Crippen LogP contribution in [0.1, 0.15) is 12.5 Å². The Morgan fingerprint density at radius 2 is 2.23 bits per heavy atom. The van der Waals surface area contributed by atoms with Gasteiger partial charge < -0.3 is 5.11 Å². The highest BCUT2D eigenvalue weighted by atomic mass is 79.9. The zero-order chi connectivity index (χ0) is 10.0. The van der Waals surface area contributed by atoms with Crippen LogP contribution in [-0.2, 0) is 11.2 Å². The average Bonchev–Trinajstić information content (AvgIpc) is 1.98. The lowest BCUT2D eigenvalue weighted by molar-refractivity contribution is -0.116. The maximum Gasteiger partial charge on any atom is 0.134 e. The van der Waals surface area contributed by atoms with Gasteiger partial charge in [-0.05, 0) is 35.0 Å². The lowest BCUT2D eigenvalue weighted by Gasteiger charge is -2.04. The molecule has 1 aromatic carbocycles. The molecule has 0 aliphatic heterocycles. The van der Waals surface area contributed by atoms with Crippen LogP contribution in [0.4, 0.5) is 0 Å². The van der Waals surface area contributed by atoms with Crippen molar-refractivity contribution in [2.75, 3.05) is 0 Å². The van der Waals surface area contributed by atoms with Crippen LogP contribution < -0.4 is 0 Å². The maximum absolute atomic E-state index is 10.8. The highest BCUT2D eigenvalue weighted by Crippen LogP contribution is 2.31. The summed E-state index contributed by atoms with van der Waals surface area (Å²) in [5, 5.41) is 10.0. The molecule has 0 unspecified atom stereocenters. The van der Waals surface area contributed by atoms with Gasteiger partial charge in [0.25, 0.3) is 0 Å². The minimum atomic E-state index is -0.00975. The number of carbonyl (C=O) groups is 1. The molecule has 70 valence electrons. The van der Waals surface area contributed by atoms with Crippen molar-refractivity contribution in [1.29, 1.82) is 0 Å². The second kappa shape index (κ2) is 4.11. The molecule has 13 heavy (non-hydrogen) atoms. The predicted octanol–water partition coefficient (Wildman–Crippen LogP) is 2.94. The highest BCUT2D eigenvalue weighted by molar-refractivity contribution is 9.10. The molecule has 0 radical (unpaired) electrons. The van der Waals surface area contributed by atoms with Crippen molar-refractivity contribution >= 4 is 33.3 Å². The number of rotatable bonds is 2. The van der Waals surface area contributed by atoms with E-state index in [1.54, 1.807) is 12.1 Å². The molecule has 1 rings (SSSR count). The molecule has 0 bridgehead atoms. The zero-order valence-corrected chi connectivity index (χ0v) is 9.32. The van der Waals surface area contributed by atoms with Crippen LogP contribution in [0.5, 0.6) is 5.75 Å². The van der Waals surface area contributed by atoms with E-state index in [1.807, 2.05) is 0 Å². The summed E-state index contributed by atoms with van der Waals surface area (Å²) in [6.07, 6.45) is 0.199. The fourth-order valence-electron chi connectivity index (χ4n) is 1.02. The van der Waals surface area contributed by atoms with Gasteiger partial charge in [-0.2, -0.15) is 0 Å². The highest BCUT2D eigenvalue weighted by Gasteiger charge is 2.08. The first-order chi connectivity index (χ1) is 6.00. The summed E-state index contributed by atoms with van der Waals surface area (Å²) in [5.74, 6) is 0.0732. The third-order valence-corrected chi connectivity index (χ3v) is 2.37. The van der Waals surface area contributed by atoms with Gasteiger partial charge in [0, 0.05) is 17.0 Å². The number of phenols is 1. The maximum atomic E-state index is 10.8. The van der Waals surface area contributed by atoms with Crippen LogP contribution in [0, 0.1) is 0 Å². The molecule has 0 spiro atoms. The van der Waals surface area contributed by atoms with Gasteiger partial charge in [-0.3, -0.25) is 4.79 Å². The van der Waals surface area contributed by atoms with E-state index in [2.05, 4.69) is 15.9 Å². The molecular weight excluding hydrogens is 255 g/mol. The lowest BCUT2D eigenvalue weighted by Crippen LogP contribution is -1.96. The normalized spacial score (nSPS) is 10.1. The van der Waals surface area contributed by atoms with Crippen LogP contribution in [0.2, 0.25) is 5.02 Å². The van der Waals surface area contributed by atoms with Gasteiger partial charge in [-0.15, -0.1) is 0 Å². The summed E-state index contributed by atoms with van der Waals surface area (Å²) in [6, 6.07) is 3.17. The van der Waals surface area contributed by atoms with Crippen molar-refractivity contribution in [1.82, 2.24) is 0 Å². The van der Waals surface area contributed by atoms with E-state index in [4.69, 9.17) is 11.6 Å². The first kappa shape index (κ1) is 10.5. The first-order valence-corrected chi connectivity index (χ1v) is 4.84. The second-order valence-corrected chi connectivity index (χ2v) is 4.06. The van der Waals surface area contributed by atoms with E-state index in [9.17, 15) is 9.90 Å². The number of aromatic hydroxyl groups is 1. The van der Waals surface area contributed by atoms with Crippen LogP contribution >= 0.6 is 27.5 Å². The molecule has 0 fully saturated rings. The Morgan fingerprint density at radius 3 is 2.77 bits per heavy atom. The third kappa shape index (κ3) is 2.71. The Labute approximate surface area is 89.7 Å². The molecule has 2 nitrogen and oxygen atoms in total. The minimum Gasteiger partial charge on any atom is -0.506 e. The van der Waals surface area contributed by atoms with Crippen molar-refractivity contribution in [3.63, 3.8) is 0 Å². The van der Waals surface area contributed by atoms with E-state index >= 15 is 0 Å². The molecule has 0 aliphatic rings. The van der Waals surface area contributed by atoms with Crippen LogP contribution in [0.25, 0.3) is 0 Å². The summed E-state index contributed by atoms with van der Waals surface area (Å²) in [6.45, 7) is 1.47. The molecule has 0 saturated carbocycles. The van der Waals surface area contributed by atoms with E-state index < -0.39 is 0 Å². The van der Waals surface area contributed by atoms with E-state index in [0.29, 0.717) is 15.1 Å². The number of benzene rings is 1. The minimum absolute atomic E-state index is 0.00975. The molecular formula is C9H8BrClO2. The van der Waals surface area contributed by atoms with E-state index in [1.165, 1.54) is 6.92 Å². The first-order valence-electron chi connectivity index (χ1n) is 3.67. The van der Waals surface area contributed by atoms with Gasteiger partial charge >= 0.3 is 0 Å². The molecule has 1 N–H and O–H groups in total. The van der Waals surface area contributed by atoms with Crippen molar-refractivity contribution in [2.45, 2.75) is 13.3 Å². The van der Waals surface area contributed by atoms with Crippen LogP contribution in [0.15, 0.2) is 16.6 Å². The number of hydrogen-bond donors (Lipinski definition) is 1. The fraction of sp³-hybridized carbons (Fsp3) is 0.222. The van der Waals surface area contributed by atoms with Crippen molar-refractivity contribution in [3.8, 4) is 5.75 Å².